The van der Waals surface area contributed by atoms with E-state index < -0.39 is 0 Å². The first kappa shape index (κ1) is 18.4. The molecule has 4 heteroatoms. The van der Waals surface area contributed by atoms with Crippen molar-refractivity contribution in [3.05, 3.63) is 0 Å². The van der Waals surface area contributed by atoms with E-state index in [9.17, 15) is 4.79 Å². The summed E-state index contributed by atoms with van der Waals surface area (Å²) in [5, 5.41) is 3.69. The lowest BCUT2D eigenvalue weighted by atomic mass is 9.90. The number of rotatable bonds is 7. The van der Waals surface area contributed by atoms with Crippen LogP contribution in [0.15, 0.2) is 0 Å². The summed E-state index contributed by atoms with van der Waals surface area (Å²) in [5.74, 6) is 0.372. The number of hydrogen-bond donors (Lipinski definition) is 1. The van der Waals surface area contributed by atoms with Crippen molar-refractivity contribution in [1.82, 2.24) is 10.2 Å². The summed E-state index contributed by atoms with van der Waals surface area (Å²) in [5.41, 5.74) is 0.295. The highest BCUT2D eigenvalue weighted by molar-refractivity contribution is 5.69. The van der Waals surface area contributed by atoms with E-state index in [2.05, 4.69) is 37.9 Å². The molecule has 0 bridgehead atoms. The van der Waals surface area contributed by atoms with E-state index in [1.807, 2.05) is 6.92 Å². The summed E-state index contributed by atoms with van der Waals surface area (Å²) in [6, 6.07) is 0.490. The van der Waals surface area contributed by atoms with Gasteiger partial charge in [0.05, 0.1) is 6.61 Å². The summed E-state index contributed by atoms with van der Waals surface area (Å²) in [6.07, 6.45) is 2.80. The number of carbonyl (C=O) groups is 1. The van der Waals surface area contributed by atoms with Gasteiger partial charge in [-0.25, -0.2) is 0 Å². The van der Waals surface area contributed by atoms with Crippen LogP contribution < -0.4 is 5.32 Å². The average Bonchev–Trinajstić information content (AvgIpc) is 2.36. The Balaban J connectivity index is 2.53. The molecule has 0 aromatic carbocycles. The van der Waals surface area contributed by atoms with Gasteiger partial charge in [0.1, 0.15) is 0 Å². The molecule has 124 valence electrons. The quantitative estimate of drug-likeness (QED) is 0.734. The first-order valence-corrected chi connectivity index (χ1v) is 8.45. The number of nitrogens with one attached hydrogen (secondary N) is 1. The van der Waals surface area contributed by atoms with Gasteiger partial charge in [-0.2, -0.15) is 0 Å². The zero-order valence-electron chi connectivity index (χ0n) is 14.6. The first-order chi connectivity index (χ1) is 9.84. The zero-order valence-corrected chi connectivity index (χ0v) is 14.6. The molecular weight excluding hydrogens is 264 g/mol. The molecule has 0 radical (unpaired) electrons. The highest BCUT2D eigenvalue weighted by Gasteiger charge is 2.29. The van der Waals surface area contributed by atoms with Crippen molar-refractivity contribution in [3.63, 3.8) is 0 Å². The predicted molar refractivity (Wildman–Crippen MR) is 87.3 cm³/mol. The smallest absolute Gasteiger partial charge is 0.306 e. The van der Waals surface area contributed by atoms with Crippen LogP contribution in [0.4, 0.5) is 0 Å². The largest absolute Gasteiger partial charge is 0.466 e. The van der Waals surface area contributed by atoms with Crippen LogP contribution in [0.1, 0.15) is 53.9 Å². The Hall–Kier alpha value is -0.610. The lowest BCUT2D eigenvalue weighted by Crippen LogP contribution is -2.51. The topological polar surface area (TPSA) is 41.6 Å². The third kappa shape index (κ3) is 7.82. The van der Waals surface area contributed by atoms with E-state index >= 15 is 0 Å². The second kappa shape index (κ2) is 8.74. The van der Waals surface area contributed by atoms with Crippen molar-refractivity contribution in [1.29, 1.82) is 0 Å². The van der Waals surface area contributed by atoms with Crippen LogP contribution in [0, 0.1) is 11.3 Å². The zero-order chi connectivity index (χ0) is 15.9. The molecule has 0 aromatic heterocycles. The van der Waals surface area contributed by atoms with E-state index in [1.165, 1.54) is 0 Å². The molecule has 4 nitrogen and oxygen atoms in total. The summed E-state index contributed by atoms with van der Waals surface area (Å²) in [4.78, 5) is 14.2. The number of esters is 1. The van der Waals surface area contributed by atoms with Crippen LogP contribution in [0.5, 0.6) is 0 Å². The fourth-order valence-corrected chi connectivity index (χ4v) is 3.00. The molecule has 0 spiro atoms. The van der Waals surface area contributed by atoms with Crippen LogP contribution in [0.2, 0.25) is 0 Å². The molecule has 1 N–H and O–H groups in total. The second-order valence-corrected chi connectivity index (χ2v) is 7.51. The Morgan fingerprint density at radius 2 is 2.00 bits per heavy atom. The normalized spacial score (nSPS) is 24.0. The molecule has 1 heterocycles. The fraction of sp³-hybridized carbons (Fsp3) is 0.941. The van der Waals surface area contributed by atoms with Crippen molar-refractivity contribution < 1.29 is 9.53 Å². The maximum Gasteiger partial charge on any atom is 0.306 e. The molecule has 1 rings (SSSR count). The SMILES string of the molecule is CCCN1CC(CC(=O)OCC)CC(NCC(C)(C)C)C1. The Labute approximate surface area is 130 Å². The van der Waals surface area contributed by atoms with Gasteiger partial charge in [0.15, 0.2) is 0 Å². The van der Waals surface area contributed by atoms with Crippen molar-refractivity contribution in [2.45, 2.75) is 59.9 Å². The lowest BCUT2D eigenvalue weighted by Gasteiger charge is -2.39. The molecule has 0 amide bonds. The van der Waals surface area contributed by atoms with Crippen molar-refractivity contribution in [2.75, 3.05) is 32.8 Å². The third-order valence-electron chi connectivity index (χ3n) is 3.83. The van der Waals surface area contributed by atoms with E-state index in [1.54, 1.807) is 0 Å². The minimum absolute atomic E-state index is 0.0459. The number of likely N-dealkylation sites (tertiary alicyclic amines) is 1. The molecule has 2 atom stereocenters. The molecule has 1 fully saturated rings. The van der Waals surface area contributed by atoms with Crippen molar-refractivity contribution in [3.8, 4) is 0 Å². The highest BCUT2D eigenvalue weighted by atomic mass is 16.5. The Bertz CT molecular complexity index is 312. The minimum Gasteiger partial charge on any atom is -0.466 e. The number of piperidine rings is 1. The molecule has 1 aliphatic heterocycles. The molecule has 1 aliphatic rings. The van der Waals surface area contributed by atoms with E-state index in [0.717, 1.165) is 39.0 Å². The average molecular weight is 298 g/mol. The Kier molecular flexibility index (Phi) is 7.67. The van der Waals surface area contributed by atoms with Gasteiger partial charge in [0, 0.05) is 32.1 Å². The van der Waals surface area contributed by atoms with Gasteiger partial charge in [-0.15, -0.1) is 0 Å². The highest BCUT2D eigenvalue weighted by Crippen LogP contribution is 2.22. The predicted octanol–water partition coefficient (Wildman–Crippen LogP) is 2.68. The Morgan fingerprint density at radius 3 is 2.57 bits per heavy atom. The second-order valence-electron chi connectivity index (χ2n) is 7.51. The maximum absolute atomic E-state index is 11.7. The van der Waals surface area contributed by atoms with Crippen LogP contribution in [0.3, 0.4) is 0 Å². The Morgan fingerprint density at radius 1 is 1.29 bits per heavy atom. The van der Waals surface area contributed by atoms with E-state index in [0.29, 0.717) is 30.4 Å². The fourth-order valence-electron chi connectivity index (χ4n) is 3.00. The van der Waals surface area contributed by atoms with E-state index in [4.69, 9.17) is 4.74 Å². The summed E-state index contributed by atoms with van der Waals surface area (Å²) in [7, 11) is 0. The van der Waals surface area contributed by atoms with Gasteiger partial charge in [0.25, 0.3) is 0 Å². The molecule has 1 saturated heterocycles. The van der Waals surface area contributed by atoms with Crippen LogP contribution in [0.25, 0.3) is 0 Å². The van der Waals surface area contributed by atoms with Crippen LogP contribution in [-0.2, 0) is 9.53 Å². The summed E-state index contributed by atoms with van der Waals surface area (Å²) >= 11 is 0. The monoisotopic (exact) mass is 298 g/mol. The minimum atomic E-state index is -0.0459. The van der Waals surface area contributed by atoms with Gasteiger partial charge in [-0.3, -0.25) is 4.79 Å². The van der Waals surface area contributed by atoms with Crippen LogP contribution >= 0.6 is 0 Å². The lowest BCUT2D eigenvalue weighted by molar-refractivity contribution is -0.144. The van der Waals surface area contributed by atoms with Gasteiger partial charge in [0.2, 0.25) is 0 Å². The molecule has 2 unspecified atom stereocenters. The number of ether oxygens (including phenoxy) is 1. The molecule has 0 aliphatic carbocycles. The van der Waals surface area contributed by atoms with Crippen molar-refractivity contribution >= 4 is 5.97 Å². The van der Waals surface area contributed by atoms with Gasteiger partial charge in [-0.05, 0) is 37.6 Å². The third-order valence-corrected chi connectivity index (χ3v) is 3.83. The molecule has 21 heavy (non-hydrogen) atoms. The molecular formula is C17H34N2O2. The first-order valence-electron chi connectivity index (χ1n) is 8.45. The maximum atomic E-state index is 11.7. The van der Waals surface area contributed by atoms with Gasteiger partial charge < -0.3 is 15.0 Å². The molecule has 0 saturated carbocycles. The standard InChI is InChI=1S/C17H34N2O2/c1-6-8-19-11-14(10-16(20)21-7-2)9-15(12-19)18-13-17(3,4)5/h14-15,18H,6-13H2,1-5H3. The van der Waals surface area contributed by atoms with Gasteiger partial charge in [-0.1, -0.05) is 27.7 Å². The van der Waals surface area contributed by atoms with Crippen LogP contribution in [-0.4, -0.2) is 49.7 Å². The number of carbonyl (C=O) groups excluding carboxylic acids is 1. The van der Waals surface area contributed by atoms with Gasteiger partial charge >= 0.3 is 5.97 Å². The summed E-state index contributed by atoms with van der Waals surface area (Å²) in [6.45, 7) is 15.6. The van der Waals surface area contributed by atoms with E-state index in [-0.39, 0.29) is 5.97 Å². The van der Waals surface area contributed by atoms with Crippen molar-refractivity contribution in [2.24, 2.45) is 11.3 Å². The number of hydrogen-bond acceptors (Lipinski definition) is 4. The summed E-state index contributed by atoms with van der Waals surface area (Å²) < 4.78 is 5.11. The number of nitrogens with zero attached hydrogens (tertiary/aromatic N) is 1. The molecule has 0 aromatic rings.